The van der Waals surface area contributed by atoms with E-state index in [2.05, 4.69) is 32.0 Å². The van der Waals surface area contributed by atoms with Crippen LogP contribution in [0, 0.1) is 0 Å². The molecule has 1 unspecified atom stereocenters. The van der Waals surface area contributed by atoms with E-state index in [4.69, 9.17) is 4.74 Å². The summed E-state index contributed by atoms with van der Waals surface area (Å²) in [5.41, 5.74) is 2.15. The van der Waals surface area contributed by atoms with E-state index in [0.29, 0.717) is 0 Å². The largest absolute Gasteiger partial charge is 0.497 e. The van der Waals surface area contributed by atoms with Gasteiger partial charge in [0.15, 0.2) is 0 Å². The average Bonchev–Trinajstić information content (AvgIpc) is 2.48. The van der Waals surface area contributed by atoms with E-state index in [1.165, 1.54) is 5.56 Å². The maximum absolute atomic E-state index is 5.26. The zero-order valence-electron chi connectivity index (χ0n) is 11.6. The molecule has 3 nitrogen and oxygen atoms in total. The molecule has 104 valence electrons. The highest BCUT2D eigenvalue weighted by Gasteiger charge is 2.12. The normalized spacial score (nSPS) is 12.6. The Morgan fingerprint density at radius 3 is 2.85 bits per heavy atom. The van der Waals surface area contributed by atoms with Crippen molar-refractivity contribution >= 4 is 22.1 Å². The SMILES string of the molecule is CC=NC(Cc1cccc(OC)c1)c1ccc(Br)cn1. The quantitative estimate of drug-likeness (QED) is 0.768. The number of nitrogens with zero attached hydrogens (tertiary/aromatic N) is 2. The lowest BCUT2D eigenvalue weighted by Gasteiger charge is -2.12. The average molecular weight is 333 g/mol. The van der Waals surface area contributed by atoms with Crippen molar-refractivity contribution in [2.45, 2.75) is 19.4 Å². The van der Waals surface area contributed by atoms with Gasteiger partial charge in [-0.25, -0.2) is 0 Å². The molecule has 0 spiro atoms. The number of methoxy groups -OCH3 is 1. The molecule has 0 amide bonds. The van der Waals surface area contributed by atoms with Gasteiger partial charge in [0.25, 0.3) is 0 Å². The van der Waals surface area contributed by atoms with Gasteiger partial charge in [-0.1, -0.05) is 12.1 Å². The highest BCUT2D eigenvalue weighted by Crippen LogP contribution is 2.23. The molecule has 1 heterocycles. The third-order valence-electron chi connectivity index (χ3n) is 2.98. The Bertz CT molecular complexity index is 581. The topological polar surface area (TPSA) is 34.5 Å². The van der Waals surface area contributed by atoms with Gasteiger partial charge in [-0.15, -0.1) is 0 Å². The summed E-state index contributed by atoms with van der Waals surface area (Å²) >= 11 is 3.40. The Morgan fingerprint density at radius 1 is 1.35 bits per heavy atom. The van der Waals surface area contributed by atoms with Gasteiger partial charge in [0.2, 0.25) is 0 Å². The fourth-order valence-corrected chi connectivity index (χ4v) is 2.26. The Kier molecular flexibility index (Phi) is 5.30. The molecule has 4 heteroatoms. The number of pyridine rings is 1. The van der Waals surface area contributed by atoms with E-state index in [1.807, 2.05) is 43.5 Å². The van der Waals surface area contributed by atoms with Crippen LogP contribution in [0.1, 0.15) is 24.2 Å². The van der Waals surface area contributed by atoms with E-state index >= 15 is 0 Å². The van der Waals surface area contributed by atoms with Crippen molar-refractivity contribution in [2.24, 2.45) is 4.99 Å². The van der Waals surface area contributed by atoms with E-state index in [-0.39, 0.29) is 6.04 Å². The van der Waals surface area contributed by atoms with Crippen LogP contribution in [-0.4, -0.2) is 18.3 Å². The maximum atomic E-state index is 5.26. The minimum Gasteiger partial charge on any atom is -0.497 e. The van der Waals surface area contributed by atoms with Gasteiger partial charge in [0.1, 0.15) is 5.75 Å². The van der Waals surface area contributed by atoms with Crippen LogP contribution in [0.3, 0.4) is 0 Å². The molecule has 20 heavy (non-hydrogen) atoms. The summed E-state index contributed by atoms with van der Waals surface area (Å²) in [6.45, 7) is 1.93. The van der Waals surface area contributed by atoms with E-state index in [1.54, 1.807) is 13.3 Å². The standard InChI is InChI=1S/C16H17BrN2O/c1-3-18-16(15-8-7-13(17)11-19-15)10-12-5-4-6-14(9-12)20-2/h3-9,11,16H,10H2,1-2H3. The second-order valence-corrected chi connectivity index (χ2v) is 5.30. The Labute approximate surface area is 127 Å². The van der Waals surface area contributed by atoms with Gasteiger partial charge in [-0.3, -0.25) is 9.98 Å². The van der Waals surface area contributed by atoms with Gasteiger partial charge < -0.3 is 4.74 Å². The van der Waals surface area contributed by atoms with Crippen molar-refractivity contribution in [2.75, 3.05) is 7.11 Å². The van der Waals surface area contributed by atoms with Gasteiger partial charge in [0.05, 0.1) is 18.8 Å². The number of aromatic nitrogens is 1. The van der Waals surface area contributed by atoms with Crippen molar-refractivity contribution in [1.29, 1.82) is 0 Å². The Hall–Kier alpha value is -1.68. The lowest BCUT2D eigenvalue weighted by atomic mass is 10.0. The predicted octanol–water partition coefficient (Wildman–Crippen LogP) is 4.23. The minimum atomic E-state index is 0.0280. The molecule has 0 aliphatic carbocycles. The van der Waals surface area contributed by atoms with Gasteiger partial charge in [0, 0.05) is 17.1 Å². The summed E-state index contributed by atoms with van der Waals surface area (Å²) in [4.78, 5) is 8.98. The molecule has 0 saturated heterocycles. The second-order valence-electron chi connectivity index (χ2n) is 4.38. The van der Waals surface area contributed by atoms with E-state index < -0.39 is 0 Å². The van der Waals surface area contributed by atoms with Crippen molar-refractivity contribution in [1.82, 2.24) is 4.98 Å². The first-order chi connectivity index (χ1) is 9.72. The number of benzene rings is 1. The number of hydrogen-bond donors (Lipinski definition) is 0. The zero-order chi connectivity index (χ0) is 14.4. The van der Waals surface area contributed by atoms with Crippen molar-refractivity contribution in [3.05, 3.63) is 58.3 Å². The first-order valence-corrected chi connectivity index (χ1v) is 7.24. The highest BCUT2D eigenvalue weighted by atomic mass is 79.9. The minimum absolute atomic E-state index is 0.0280. The highest BCUT2D eigenvalue weighted by molar-refractivity contribution is 9.10. The predicted molar refractivity (Wildman–Crippen MR) is 85.5 cm³/mol. The maximum Gasteiger partial charge on any atom is 0.119 e. The van der Waals surface area contributed by atoms with Crippen LogP contribution in [0.4, 0.5) is 0 Å². The summed E-state index contributed by atoms with van der Waals surface area (Å²) in [7, 11) is 1.68. The van der Waals surface area contributed by atoms with Crippen LogP contribution in [0.15, 0.2) is 52.1 Å². The van der Waals surface area contributed by atoms with Crippen molar-refractivity contribution in [3.8, 4) is 5.75 Å². The van der Waals surface area contributed by atoms with Crippen LogP contribution < -0.4 is 4.74 Å². The van der Waals surface area contributed by atoms with E-state index in [0.717, 1.165) is 22.3 Å². The van der Waals surface area contributed by atoms with Crippen LogP contribution >= 0.6 is 15.9 Å². The molecular formula is C16H17BrN2O. The summed E-state index contributed by atoms with van der Waals surface area (Å²) in [5, 5.41) is 0. The molecule has 0 bridgehead atoms. The molecule has 1 aromatic carbocycles. The van der Waals surface area contributed by atoms with Crippen LogP contribution in [0.5, 0.6) is 5.75 Å². The fraction of sp³-hybridized carbons (Fsp3) is 0.250. The molecule has 1 aromatic heterocycles. The number of ether oxygens (including phenoxy) is 1. The van der Waals surface area contributed by atoms with Crippen molar-refractivity contribution < 1.29 is 4.74 Å². The first-order valence-electron chi connectivity index (χ1n) is 6.45. The number of rotatable bonds is 5. The van der Waals surface area contributed by atoms with Crippen molar-refractivity contribution in [3.63, 3.8) is 0 Å². The van der Waals surface area contributed by atoms with Gasteiger partial charge in [-0.05, 0) is 58.9 Å². The molecule has 2 aromatic rings. The molecule has 0 aliphatic heterocycles. The molecular weight excluding hydrogens is 316 g/mol. The number of hydrogen-bond acceptors (Lipinski definition) is 3. The van der Waals surface area contributed by atoms with Crippen LogP contribution in [0.2, 0.25) is 0 Å². The van der Waals surface area contributed by atoms with Crippen LogP contribution in [0.25, 0.3) is 0 Å². The molecule has 0 fully saturated rings. The second kappa shape index (κ2) is 7.20. The molecule has 0 aliphatic rings. The summed E-state index contributed by atoms with van der Waals surface area (Å²) in [6, 6.07) is 12.1. The molecule has 0 saturated carbocycles. The Morgan fingerprint density at radius 2 is 2.20 bits per heavy atom. The molecule has 1 atom stereocenters. The lowest BCUT2D eigenvalue weighted by molar-refractivity contribution is 0.414. The molecule has 2 rings (SSSR count). The summed E-state index contributed by atoms with van der Waals surface area (Å²) < 4.78 is 6.23. The number of halogens is 1. The zero-order valence-corrected chi connectivity index (χ0v) is 13.2. The first kappa shape index (κ1) is 14.7. The third kappa shape index (κ3) is 3.90. The third-order valence-corrected chi connectivity index (χ3v) is 3.45. The smallest absolute Gasteiger partial charge is 0.119 e. The number of aliphatic imine (C=N–C) groups is 1. The summed E-state index contributed by atoms with van der Waals surface area (Å²) in [6.07, 6.45) is 4.43. The molecule has 0 N–H and O–H groups in total. The van der Waals surface area contributed by atoms with Crippen LogP contribution in [-0.2, 0) is 6.42 Å². The Balaban J connectivity index is 2.22. The molecule has 0 radical (unpaired) electrons. The fourth-order valence-electron chi connectivity index (χ4n) is 2.02. The van der Waals surface area contributed by atoms with E-state index in [9.17, 15) is 0 Å². The lowest BCUT2D eigenvalue weighted by Crippen LogP contribution is -2.03. The summed E-state index contributed by atoms with van der Waals surface area (Å²) in [5.74, 6) is 0.866. The van der Waals surface area contributed by atoms with Gasteiger partial charge in [-0.2, -0.15) is 0 Å². The van der Waals surface area contributed by atoms with Gasteiger partial charge >= 0.3 is 0 Å². The monoisotopic (exact) mass is 332 g/mol.